The summed E-state index contributed by atoms with van der Waals surface area (Å²) in [5.74, 6) is 0.0467. The zero-order chi connectivity index (χ0) is 26.5. The summed E-state index contributed by atoms with van der Waals surface area (Å²) in [7, 11) is 0. The van der Waals surface area contributed by atoms with Crippen LogP contribution in [0.25, 0.3) is 22.4 Å². The fraction of sp³-hybridized carbons (Fsp3) is 0.273. The Hall–Kier alpha value is -4.16. The van der Waals surface area contributed by atoms with E-state index in [1.165, 1.54) is 27.8 Å². The van der Waals surface area contributed by atoms with Crippen molar-refractivity contribution in [3.05, 3.63) is 113 Å². The van der Waals surface area contributed by atoms with Gasteiger partial charge in [-0.2, -0.15) is 5.10 Å². The van der Waals surface area contributed by atoms with Gasteiger partial charge in [0, 0.05) is 11.6 Å². The molecule has 0 radical (unpaired) electrons. The van der Waals surface area contributed by atoms with Gasteiger partial charge in [0.15, 0.2) is 0 Å². The highest BCUT2D eigenvalue weighted by atomic mass is 16.6. The number of aromatic nitrogens is 2. The number of morpholine rings is 1. The molecule has 39 heavy (non-hydrogen) atoms. The number of fused-ring (bicyclic) bond motifs is 5. The highest BCUT2D eigenvalue weighted by Gasteiger charge is 2.40. The average molecular weight is 518 g/mol. The smallest absolute Gasteiger partial charge is 0.410 e. The molecule has 3 aromatic carbocycles. The molecule has 4 aromatic rings. The van der Waals surface area contributed by atoms with E-state index in [1.807, 2.05) is 16.5 Å². The molecule has 6 heteroatoms. The Morgan fingerprint density at radius 1 is 0.949 bits per heavy atom. The molecule has 2 aliphatic heterocycles. The normalized spacial score (nSPS) is 19.8. The number of ether oxygens (including phenoxy) is 2. The van der Waals surface area contributed by atoms with Gasteiger partial charge in [-0.05, 0) is 71.9 Å². The van der Waals surface area contributed by atoms with Crippen molar-refractivity contribution in [3.8, 4) is 16.8 Å². The van der Waals surface area contributed by atoms with Crippen molar-refractivity contribution >= 4 is 11.7 Å². The van der Waals surface area contributed by atoms with E-state index in [9.17, 15) is 4.79 Å². The minimum absolute atomic E-state index is 0.0467. The van der Waals surface area contributed by atoms with Crippen molar-refractivity contribution in [1.29, 1.82) is 0 Å². The SMILES string of the molecule is Cc1cc(C)n(-c2cccc(C3=CC4COCC(C3)N4C(=O)OCC3c4ccccc4-c4ccccc43)c2)n1. The van der Waals surface area contributed by atoms with E-state index in [-0.39, 0.29) is 24.1 Å². The molecule has 7 rings (SSSR count). The molecule has 6 nitrogen and oxygen atoms in total. The minimum Gasteiger partial charge on any atom is -0.448 e. The first-order valence-electron chi connectivity index (χ1n) is 13.6. The first-order chi connectivity index (χ1) is 19.1. The van der Waals surface area contributed by atoms with E-state index >= 15 is 0 Å². The Morgan fingerprint density at radius 2 is 1.69 bits per heavy atom. The quantitative estimate of drug-likeness (QED) is 0.319. The van der Waals surface area contributed by atoms with E-state index in [0.29, 0.717) is 19.8 Å². The molecular weight excluding hydrogens is 486 g/mol. The van der Waals surface area contributed by atoms with Crippen molar-refractivity contribution in [2.45, 2.75) is 38.3 Å². The van der Waals surface area contributed by atoms with Crippen molar-refractivity contribution in [1.82, 2.24) is 14.7 Å². The van der Waals surface area contributed by atoms with Gasteiger partial charge in [0.2, 0.25) is 0 Å². The zero-order valence-corrected chi connectivity index (χ0v) is 22.2. The number of rotatable bonds is 4. The van der Waals surface area contributed by atoms with Crippen LogP contribution < -0.4 is 0 Å². The van der Waals surface area contributed by atoms with Crippen LogP contribution in [0.1, 0.15) is 40.4 Å². The summed E-state index contributed by atoms with van der Waals surface area (Å²) in [6, 6.07) is 27.2. The summed E-state index contributed by atoms with van der Waals surface area (Å²) in [5.41, 5.74) is 10.4. The maximum Gasteiger partial charge on any atom is 0.410 e. The van der Waals surface area contributed by atoms with E-state index in [0.717, 1.165) is 29.1 Å². The standard InChI is InChI=1S/C33H31N3O3/c1-21-14-22(2)36(34-21)25-9-7-8-23(15-25)24-16-26-18-38-19-27(17-24)35(26)33(37)39-20-32-30-12-5-3-10-28(30)29-11-4-6-13-31(29)32/h3-16,26-27,32H,17-20H2,1-2H3. The molecule has 0 spiro atoms. The van der Waals surface area contributed by atoms with Crippen LogP contribution in [0.4, 0.5) is 4.79 Å². The Balaban J connectivity index is 1.11. The molecule has 1 fully saturated rings. The molecule has 1 aromatic heterocycles. The van der Waals surface area contributed by atoms with Crippen molar-refractivity contribution in [2.75, 3.05) is 19.8 Å². The summed E-state index contributed by atoms with van der Waals surface area (Å²) < 4.78 is 13.9. The minimum atomic E-state index is -0.262. The molecule has 2 bridgehead atoms. The van der Waals surface area contributed by atoms with Crippen LogP contribution >= 0.6 is 0 Å². The predicted octanol–water partition coefficient (Wildman–Crippen LogP) is 6.29. The largest absolute Gasteiger partial charge is 0.448 e. The van der Waals surface area contributed by atoms with Crippen LogP contribution in [-0.2, 0) is 9.47 Å². The van der Waals surface area contributed by atoms with Gasteiger partial charge in [-0.25, -0.2) is 9.48 Å². The third kappa shape index (κ3) is 4.16. The second kappa shape index (κ2) is 9.54. The van der Waals surface area contributed by atoms with Gasteiger partial charge in [0.25, 0.3) is 0 Å². The highest BCUT2D eigenvalue weighted by Crippen LogP contribution is 2.44. The Morgan fingerprint density at radius 3 is 2.38 bits per heavy atom. The lowest BCUT2D eigenvalue weighted by atomic mass is 9.90. The molecule has 2 atom stereocenters. The second-order valence-electron chi connectivity index (χ2n) is 10.8. The molecule has 1 amide bonds. The van der Waals surface area contributed by atoms with Gasteiger partial charge in [-0.3, -0.25) is 4.90 Å². The molecular formula is C33H31N3O3. The highest BCUT2D eigenvalue weighted by molar-refractivity contribution is 5.79. The lowest BCUT2D eigenvalue weighted by Crippen LogP contribution is -2.56. The molecule has 1 saturated heterocycles. The van der Waals surface area contributed by atoms with Crippen LogP contribution in [0, 0.1) is 13.8 Å². The van der Waals surface area contributed by atoms with Crippen LogP contribution in [0.2, 0.25) is 0 Å². The lowest BCUT2D eigenvalue weighted by molar-refractivity contribution is -0.0331. The zero-order valence-electron chi connectivity index (χ0n) is 22.2. The van der Waals surface area contributed by atoms with Gasteiger partial charge < -0.3 is 9.47 Å². The Bertz CT molecular complexity index is 1560. The molecule has 3 heterocycles. The molecule has 0 saturated carbocycles. The fourth-order valence-corrected chi connectivity index (χ4v) is 6.49. The number of carbonyl (C=O) groups excluding carboxylic acids is 1. The van der Waals surface area contributed by atoms with Crippen molar-refractivity contribution in [2.24, 2.45) is 0 Å². The summed E-state index contributed by atoms with van der Waals surface area (Å²) in [6.45, 7) is 5.39. The fourth-order valence-electron chi connectivity index (χ4n) is 6.49. The van der Waals surface area contributed by atoms with E-state index in [4.69, 9.17) is 9.47 Å². The average Bonchev–Trinajstić information content (AvgIpc) is 3.46. The maximum atomic E-state index is 13.5. The maximum absolute atomic E-state index is 13.5. The number of amides is 1. The molecule has 3 aliphatic rings. The van der Waals surface area contributed by atoms with E-state index in [2.05, 4.69) is 97.0 Å². The number of benzene rings is 3. The lowest BCUT2D eigenvalue weighted by Gasteiger charge is -2.44. The van der Waals surface area contributed by atoms with Crippen LogP contribution in [0.3, 0.4) is 0 Å². The van der Waals surface area contributed by atoms with Crippen LogP contribution in [0.15, 0.2) is 84.9 Å². The summed E-state index contributed by atoms with van der Waals surface area (Å²) in [4.78, 5) is 15.4. The van der Waals surface area contributed by atoms with Crippen LogP contribution in [-0.4, -0.2) is 52.7 Å². The third-order valence-electron chi connectivity index (χ3n) is 8.22. The van der Waals surface area contributed by atoms with Gasteiger partial charge >= 0.3 is 6.09 Å². The van der Waals surface area contributed by atoms with Crippen molar-refractivity contribution in [3.63, 3.8) is 0 Å². The van der Waals surface area contributed by atoms with E-state index in [1.54, 1.807) is 0 Å². The molecule has 196 valence electrons. The molecule has 1 aliphatic carbocycles. The number of hydrogen-bond acceptors (Lipinski definition) is 4. The number of hydrogen-bond donors (Lipinski definition) is 0. The topological polar surface area (TPSA) is 56.6 Å². The Labute approximate surface area is 228 Å². The summed E-state index contributed by atoms with van der Waals surface area (Å²) in [5, 5.41) is 4.65. The second-order valence-corrected chi connectivity index (χ2v) is 10.8. The Kier molecular flexibility index (Phi) is 5.85. The summed E-state index contributed by atoms with van der Waals surface area (Å²) >= 11 is 0. The first-order valence-corrected chi connectivity index (χ1v) is 13.6. The van der Waals surface area contributed by atoms with Crippen LogP contribution in [0.5, 0.6) is 0 Å². The number of nitrogens with zero attached hydrogens (tertiary/aromatic N) is 3. The van der Waals surface area contributed by atoms with Gasteiger partial charge in [-0.15, -0.1) is 0 Å². The van der Waals surface area contributed by atoms with Crippen molar-refractivity contribution < 1.29 is 14.3 Å². The van der Waals surface area contributed by atoms with Gasteiger partial charge in [-0.1, -0.05) is 66.7 Å². The molecule has 0 N–H and O–H groups in total. The number of aryl methyl sites for hydroxylation is 2. The monoisotopic (exact) mass is 517 g/mol. The predicted molar refractivity (Wildman–Crippen MR) is 151 cm³/mol. The third-order valence-corrected chi connectivity index (χ3v) is 8.22. The summed E-state index contributed by atoms with van der Waals surface area (Å²) in [6.07, 6.45) is 2.64. The first kappa shape index (κ1) is 23.9. The van der Waals surface area contributed by atoms with Gasteiger partial charge in [0.1, 0.15) is 6.61 Å². The van der Waals surface area contributed by atoms with Gasteiger partial charge in [0.05, 0.1) is 36.7 Å². The molecule has 2 unspecified atom stereocenters. The van der Waals surface area contributed by atoms with E-state index < -0.39 is 0 Å². The number of carbonyl (C=O) groups is 1.